The number of hydrogen-bond acceptors (Lipinski definition) is 24. The van der Waals surface area contributed by atoms with E-state index >= 15 is 0 Å². The summed E-state index contributed by atoms with van der Waals surface area (Å²) in [6, 6.07) is 68.4. The number of hydrogen-bond donors (Lipinski definition) is 4. The van der Waals surface area contributed by atoms with Crippen LogP contribution in [0, 0.1) is 0 Å². The maximum absolute atomic E-state index is 13.3. The third-order valence-electron chi connectivity index (χ3n) is 16.2. The molecule has 0 saturated carbocycles. The van der Waals surface area contributed by atoms with E-state index in [0.717, 1.165) is 30.7 Å². The van der Waals surface area contributed by atoms with Crippen LogP contribution in [0.3, 0.4) is 0 Å². The standard InChI is InChI=1S/C90H96N4O20S4/c1-61(2)83(95)103-49-45-91-87(99)111-73(57-115-77-21-13-9-14-22-77)53-107-69-37-29-65(30-38-69)81(66-31-39-70(40-32-66)108-54-74(58-116-78-23-15-10-16-24-78)112-88(100)92-46-50-104-84(96)62(3)4)82(67-33-41-71(42-34-67)109-55-75(59-117-79-25-17-11-18-26-79)113-89(101)93-47-51-105-85(97)63(5)6)68-35-43-72(44-36-68)110-56-76(60-118-80-27-19-12-20-28-80)114-90(102)94-48-52-106-86(98)64(7)8/h9-44,73-76H,1,3,5,7,45-60H2,2,4,6,8H3,(H,91,99)(H,92,100)(H,93,101)(H,94,102). The molecule has 24 nitrogen and oxygen atoms in total. The smallest absolute Gasteiger partial charge is 0.407 e. The topological polar surface area (TPSA) is 295 Å². The average Bonchev–Trinajstić information content (AvgIpc) is 0.777. The molecule has 4 atom stereocenters. The van der Waals surface area contributed by atoms with Crippen molar-refractivity contribution >= 4 is 106 Å². The molecule has 0 bridgehead atoms. The van der Waals surface area contributed by atoms with Gasteiger partial charge in [0.05, 0.1) is 26.2 Å². The number of esters is 4. The van der Waals surface area contributed by atoms with Gasteiger partial charge in [-0.15, -0.1) is 47.0 Å². The van der Waals surface area contributed by atoms with Crippen LogP contribution in [0.2, 0.25) is 0 Å². The van der Waals surface area contributed by atoms with E-state index in [2.05, 4.69) is 47.6 Å². The molecule has 0 radical (unpaired) electrons. The van der Waals surface area contributed by atoms with E-state index < -0.39 is 72.7 Å². The number of benzene rings is 8. The first-order valence-corrected chi connectivity index (χ1v) is 41.5. The number of carbonyl (C=O) groups is 8. The van der Waals surface area contributed by atoms with E-state index in [4.69, 9.17) is 56.8 Å². The lowest BCUT2D eigenvalue weighted by atomic mass is 9.85. The van der Waals surface area contributed by atoms with E-state index in [1.807, 2.05) is 218 Å². The minimum absolute atomic E-state index is 0.00753. The lowest BCUT2D eigenvalue weighted by Crippen LogP contribution is -2.35. The van der Waals surface area contributed by atoms with E-state index in [9.17, 15) is 38.4 Å². The van der Waals surface area contributed by atoms with Crippen molar-refractivity contribution in [2.24, 2.45) is 0 Å². The Morgan fingerprint density at radius 3 is 0.644 bits per heavy atom. The predicted molar refractivity (Wildman–Crippen MR) is 458 cm³/mol. The van der Waals surface area contributed by atoms with E-state index in [0.29, 0.717) is 68.3 Å². The van der Waals surface area contributed by atoms with E-state index in [-0.39, 0.29) is 101 Å². The first-order chi connectivity index (χ1) is 57.1. The van der Waals surface area contributed by atoms with E-state index in [1.54, 1.807) is 0 Å². The molecule has 8 aromatic carbocycles. The van der Waals surface area contributed by atoms with Gasteiger partial charge < -0.3 is 78.1 Å². The van der Waals surface area contributed by atoms with Gasteiger partial charge in [-0.25, -0.2) is 38.4 Å². The third-order valence-corrected chi connectivity index (χ3v) is 20.8. The SMILES string of the molecule is C=C(C)C(=O)OCCNC(=O)OC(COc1ccc(C(=C(c2ccc(OCC(CSc3ccccc3)OC(=O)NCCOC(=O)C(=C)C)cc2)c2ccc(OCC(CSc3ccccc3)OC(=O)NCCOC(=O)C(=C)C)cc2)c2ccc(OCC(CSc3ccccc3)OC(=O)NCCOC(=O)C(=C)C)cc2)cc1)CSc1ccccc1. The number of alkyl carbamates (subject to hydrolysis) is 4. The second-order valence-electron chi connectivity index (χ2n) is 26.1. The molecule has 0 aliphatic carbocycles. The summed E-state index contributed by atoms with van der Waals surface area (Å²) in [6.07, 6.45) is -5.99. The number of nitrogens with one attached hydrogen (secondary N) is 4. The van der Waals surface area contributed by atoms with Gasteiger partial charge in [0.2, 0.25) is 0 Å². The maximum Gasteiger partial charge on any atom is 0.407 e. The lowest BCUT2D eigenvalue weighted by molar-refractivity contribution is -0.139. The highest BCUT2D eigenvalue weighted by molar-refractivity contribution is 8.00. The van der Waals surface area contributed by atoms with Gasteiger partial charge >= 0.3 is 48.3 Å². The Bertz CT molecular complexity index is 4040. The molecule has 8 rings (SSSR count). The summed E-state index contributed by atoms with van der Waals surface area (Å²) < 4.78 is 70.2. The first kappa shape index (κ1) is 91.5. The van der Waals surface area contributed by atoms with Crippen molar-refractivity contribution < 1.29 is 95.2 Å². The number of thioether (sulfide) groups is 4. The van der Waals surface area contributed by atoms with Crippen molar-refractivity contribution in [1.82, 2.24) is 21.3 Å². The fraction of sp³-hybridized carbons (Fsp3) is 0.267. The molecule has 0 aromatic heterocycles. The summed E-state index contributed by atoms with van der Waals surface area (Å²) in [5, 5.41) is 10.6. The van der Waals surface area contributed by atoms with Crippen LogP contribution in [0.25, 0.3) is 11.1 Å². The Labute approximate surface area is 704 Å². The van der Waals surface area contributed by atoms with Gasteiger partial charge in [-0.05, 0) is 158 Å². The van der Waals surface area contributed by atoms with Crippen molar-refractivity contribution in [3.8, 4) is 23.0 Å². The number of carbonyl (C=O) groups excluding carboxylic acids is 8. The van der Waals surface area contributed by atoms with Gasteiger partial charge in [-0.2, -0.15) is 0 Å². The minimum atomic E-state index is -0.763. The molecule has 4 unspecified atom stereocenters. The van der Waals surface area contributed by atoms with Crippen molar-refractivity contribution in [2.75, 3.05) is 102 Å². The van der Waals surface area contributed by atoms with Crippen molar-refractivity contribution in [1.29, 1.82) is 0 Å². The van der Waals surface area contributed by atoms with Crippen LogP contribution in [0.15, 0.2) is 287 Å². The zero-order valence-electron chi connectivity index (χ0n) is 66.0. The van der Waals surface area contributed by atoms with E-state index in [1.165, 1.54) is 74.7 Å². The van der Waals surface area contributed by atoms with Crippen LogP contribution < -0.4 is 40.2 Å². The zero-order chi connectivity index (χ0) is 84.2. The van der Waals surface area contributed by atoms with Gasteiger partial charge in [0, 0.05) is 64.9 Å². The molecule has 0 saturated heterocycles. The van der Waals surface area contributed by atoms with Gasteiger partial charge in [-0.1, -0.05) is 148 Å². The monoisotopic (exact) mass is 1680 g/mol. The Kier molecular flexibility index (Phi) is 39.2. The van der Waals surface area contributed by atoms with Gasteiger partial charge in [0.1, 0.15) is 100 Å². The first-order valence-electron chi connectivity index (χ1n) is 37.6. The Morgan fingerprint density at radius 2 is 0.466 bits per heavy atom. The summed E-state index contributed by atoms with van der Waals surface area (Å²) >= 11 is 5.92. The number of rotatable bonds is 48. The summed E-state index contributed by atoms with van der Waals surface area (Å²) in [5.74, 6) is 0.734. The molecule has 118 heavy (non-hydrogen) atoms. The van der Waals surface area contributed by atoms with Crippen LogP contribution in [0.1, 0.15) is 49.9 Å². The summed E-state index contributed by atoms with van der Waals surface area (Å²) in [4.78, 5) is 105. The molecule has 0 heterocycles. The predicted octanol–water partition coefficient (Wildman–Crippen LogP) is 16.2. The highest BCUT2D eigenvalue weighted by atomic mass is 32.2. The second kappa shape index (κ2) is 50.5. The molecule has 4 N–H and O–H groups in total. The van der Waals surface area contributed by atoms with Gasteiger partial charge in [-0.3, -0.25) is 0 Å². The summed E-state index contributed by atoms with van der Waals surface area (Å²) in [5.41, 5.74) is 5.20. The highest BCUT2D eigenvalue weighted by Crippen LogP contribution is 2.40. The van der Waals surface area contributed by atoms with Crippen LogP contribution in [-0.4, -0.2) is 175 Å². The Morgan fingerprint density at radius 1 is 0.280 bits per heavy atom. The number of amides is 4. The Balaban J connectivity index is 1.16. The molecule has 0 fully saturated rings. The highest BCUT2D eigenvalue weighted by Gasteiger charge is 2.25. The third kappa shape index (κ3) is 34.1. The average molecular weight is 1680 g/mol. The molecule has 8 aromatic rings. The molecule has 0 aliphatic rings. The lowest BCUT2D eigenvalue weighted by Gasteiger charge is -2.21. The zero-order valence-corrected chi connectivity index (χ0v) is 69.3. The summed E-state index contributed by atoms with van der Waals surface area (Å²) in [6.45, 7) is 19.9. The molecule has 0 aliphatic heterocycles. The quantitative estimate of drug-likeness (QED) is 0.00688. The largest absolute Gasteiger partial charge is 0.490 e. The van der Waals surface area contributed by atoms with Crippen LogP contribution in [0.5, 0.6) is 23.0 Å². The summed E-state index contributed by atoms with van der Waals surface area (Å²) in [7, 11) is 0. The minimum Gasteiger partial charge on any atom is -0.490 e. The van der Waals surface area contributed by atoms with Gasteiger partial charge in [0.25, 0.3) is 0 Å². The Hall–Kier alpha value is -12.0. The molecule has 28 heteroatoms. The molecular weight excluding hydrogens is 1590 g/mol. The normalized spacial score (nSPS) is 11.7. The fourth-order valence-corrected chi connectivity index (χ4v) is 13.8. The van der Waals surface area contributed by atoms with Crippen LogP contribution >= 0.6 is 47.0 Å². The van der Waals surface area contributed by atoms with Crippen molar-refractivity contribution in [3.05, 3.63) is 289 Å². The molecular formula is C90H96N4O20S4. The maximum atomic E-state index is 13.3. The second-order valence-corrected chi connectivity index (χ2v) is 30.4. The van der Waals surface area contributed by atoms with Crippen LogP contribution in [0.4, 0.5) is 19.2 Å². The fourth-order valence-electron chi connectivity index (χ4n) is 10.3. The van der Waals surface area contributed by atoms with Gasteiger partial charge in [0.15, 0.2) is 0 Å². The van der Waals surface area contributed by atoms with Crippen LogP contribution in [-0.2, 0) is 57.1 Å². The number of ether oxygens (including phenoxy) is 12. The molecule has 620 valence electrons. The van der Waals surface area contributed by atoms with Crippen molar-refractivity contribution in [2.45, 2.75) is 71.7 Å². The molecule has 0 spiro atoms. The van der Waals surface area contributed by atoms with Crippen molar-refractivity contribution in [3.63, 3.8) is 0 Å². The molecule has 4 amide bonds.